The maximum absolute atomic E-state index is 13.8. The number of fused-ring (bicyclic) bond motifs is 1. The molecule has 4 aromatic carbocycles. The summed E-state index contributed by atoms with van der Waals surface area (Å²) in [6, 6.07) is 26.0. The molecule has 5 rings (SSSR count). The number of hydrogen-bond donors (Lipinski definition) is 1. The lowest BCUT2D eigenvalue weighted by atomic mass is 10.0. The van der Waals surface area contributed by atoms with E-state index >= 15 is 0 Å². The Labute approximate surface area is 202 Å². The highest BCUT2D eigenvalue weighted by Crippen LogP contribution is 2.39. The van der Waals surface area contributed by atoms with Gasteiger partial charge in [-0.2, -0.15) is 0 Å². The molecule has 0 aromatic heterocycles. The van der Waals surface area contributed by atoms with Crippen LogP contribution in [0.4, 0.5) is 15.8 Å². The number of amides is 2. The predicted octanol–water partition coefficient (Wildman–Crippen LogP) is 6.16. The van der Waals surface area contributed by atoms with E-state index in [9.17, 15) is 14.0 Å². The van der Waals surface area contributed by atoms with Crippen LogP contribution in [0.15, 0.2) is 96.7 Å². The summed E-state index contributed by atoms with van der Waals surface area (Å²) in [5, 5.41) is 5.12. The van der Waals surface area contributed by atoms with Crippen molar-refractivity contribution in [3.05, 3.63) is 108 Å². The number of carbonyl (C=O) groups excluding carboxylic acids is 2. The lowest BCUT2D eigenvalue weighted by Gasteiger charge is -2.20. The van der Waals surface area contributed by atoms with Crippen LogP contribution >= 0.6 is 0 Å². The average Bonchev–Trinajstić information content (AvgIpc) is 3.09. The molecule has 5 nitrogen and oxygen atoms in total. The molecule has 0 bridgehead atoms. The summed E-state index contributed by atoms with van der Waals surface area (Å²) < 4.78 is 19.6. The van der Waals surface area contributed by atoms with Gasteiger partial charge >= 0.3 is 0 Å². The van der Waals surface area contributed by atoms with E-state index in [1.54, 1.807) is 24.3 Å². The summed E-state index contributed by atoms with van der Waals surface area (Å²) in [6.45, 7) is 3.75. The Kier molecular flexibility index (Phi) is 5.79. The number of nitrogens with zero attached hydrogens (tertiary/aromatic N) is 1. The van der Waals surface area contributed by atoms with E-state index in [0.29, 0.717) is 22.7 Å². The molecule has 0 radical (unpaired) electrons. The normalized spacial score (nSPS) is 13.8. The Morgan fingerprint density at radius 3 is 2.26 bits per heavy atom. The third kappa shape index (κ3) is 4.15. The van der Waals surface area contributed by atoms with E-state index in [2.05, 4.69) is 5.32 Å². The van der Waals surface area contributed by atoms with E-state index in [1.807, 2.05) is 56.3 Å². The van der Waals surface area contributed by atoms with Crippen molar-refractivity contribution in [2.75, 3.05) is 10.2 Å². The van der Waals surface area contributed by atoms with Gasteiger partial charge in [0, 0.05) is 11.1 Å². The molecule has 2 amide bonds. The van der Waals surface area contributed by atoms with Gasteiger partial charge < -0.3 is 10.1 Å². The van der Waals surface area contributed by atoms with Gasteiger partial charge in [-0.3, -0.25) is 9.59 Å². The minimum absolute atomic E-state index is 0.123. The summed E-state index contributed by atoms with van der Waals surface area (Å²) in [4.78, 5) is 28.7. The van der Waals surface area contributed by atoms with Crippen LogP contribution in [0.25, 0.3) is 16.3 Å². The van der Waals surface area contributed by atoms with Crippen LogP contribution in [-0.4, -0.2) is 17.9 Å². The number of ether oxygens (including phenoxy) is 1. The first-order valence-electron chi connectivity index (χ1n) is 11.3. The number of para-hydroxylation sites is 2. The molecule has 0 atom stereocenters. The number of nitrogens with one attached hydrogen (secondary N) is 1. The van der Waals surface area contributed by atoms with Gasteiger partial charge in [-0.25, -0.2) is 9.29 Å². The molecule has 6 heteroatoms. The zero-order valence-corrected chi connectivity index (χ0v) is 19.3. The Balaban J connectivity index is 1.65. The molecule has 1 N–H and O–H groups in total. The fraction of sp³-hybridized carbons (Fsp3) is 0.103. The second-order valence-electron chi connectivity index (χ2n) is 8.49. The van der Waals surface area contributed by atoms with Gasteiger partial charge in [0.05, 0.1) is 17.4 Å². The van der Waals surface area contributed by atoms with Crippen LogP contribution in [0.3, 0.4) is 0 Å². The molecule has 35 heavy (non-hydrogen) atoms. The van der Waals surface area contributed by atoms with Crippen molar-refractivity contribution < 1.29 is 18.7 Å². The molecule has 0 fully saturated rings. The largest absolute Gasteiger partial charge is 0.489 e. The highest BCUT2D eigenvalue weighted by Gasteiger charge is 2.41. The molecular formula is C29H23FN2O3. The molecule has 174 valence electrons. The number of hydrogen-bond acceptors (Lipinski definition) is 4. The minimum atomic E-state index is -0.512. The van der Waals surface area contributed by atoms with Crippen molar-refractivity contribution in [2.45, 2.75) is 20.0 Å². The molecule has 1 heterocycles. The summed E-state index contributed by atoms with van der Waals surface area (Å²) in [7, 11) is 0. The number of imide groups is 1. The van der Waals surface area contributed by atoms with Gasteiger partial charge in [0.1, 0.15) is 17.3 Å². The fourth-order valence-electron chi connectivity index (χ4n) is 4.21. The maximum Gasteiger partial charge on any atom is 0.282 e. The Hall–Kier alpha value is -4.45. The van der Waals surface area contributed by atoms with Crippen molar-refractivity contribution >= 4 is 39.5 Å². The third-order valence-electron chi connectivity index (χ3n) is 5.73. The van der Waals surface area contributed by atoms with Gasteiger partial charge in [0.2, 0.25) is 0 Å². The van der Waals surface area contributed by atoms with Crippen LogP contribution < -0.4 is 15.0 Å². The van der Waals surface area contributed by atoms with Crippen molar-refractivity contribution in [2.24, 2.45) is 0 Å². The van der Waals surface area contributed by atoms with E-state index in [0.717, 1.165) is 15.7 Å². The van der Waals surface area contributed by atoms with Crippen LogP contribution in [0.1, 0.15) is 19.4 Å². The summed E-state index contributed by atoms with van der Waals surface area (Å²) in [5.74, 6) is -1.03. The zero-order valence-electron chi connectivity index (χ0n) is 19.3. The van der Waals surface area contributed by atoms with Crippen molar-refractivity contribution in [1.82, 2.24) is 0 Å². The van der Waals surface area contributed by atoms with Crippen molar-refractivity contribution in [3.8, 4) is 5.75 Å². The van der Waals surface area contributed by atoms with E-state index < -0.39 is 17.6 Å². The average molecular weight is 467 g/mol. The summed E-state index contributed by atoms with van der Waals surface area (Å²) >= 11 is 0. The molecule has 0 unspecified atom stereocenters. The minimum Gasteiger partial charge on any atom is -0.489 e. The van der Waals surface area contributed by atoms with Crippen molar-refractivity contribution in [1.29, 1.82) is 0 Å². The highest BCUT2D eigenvalue weighted by atomic mass is 19.1. The van der Waals surface area contributed by atoms with Crippen LogP contribution in [0, 0.1) is 5.82 Å². The van der Waals surface area contributed by atoms with Crippen LogP contribution in [0.5, 0.6) is 5.75 Å². The second kappa shape index (κ2) is 9.06. The Morgan fingerprint density at radius 2 is 1.49 bits per heavy atom. The molecule has 4 aromatic rings. The number of anilines is 2. The number of benzene rings is 4. The van der Waals surface area contributed by atoms with Gasteiger partial charge in [-0.15, -0.1) is 0 Å². The predicted molar refractivity (Wildman–Crippen MR) is 136 cm³/mol. The molecule has 0 aliphatic carbocycles. The second-order valence-corrected chi connectivity index (χ2v) is 8.49. The quantitative estimate of drug-likeness (QED) is 0.346. The first-order chi connectivity index (χ1) is 16.9. The molecule has 0 saturated heterocycles. The Morgan fingerprint density at radius 1 is 0.800 bits per heavy atom. The summed E-state index contributed by atoms with van der Waals surface area (Å²) in [6.07, 6.45) is -0.151. The molecule has 0 spiro atoms. The standard InChI is InChI=1S/C29H23FN2O3/c1-18(2)35-25-13-6-5-12-24(25)32-28(33)26(20-14-16-21(30)17-15-20)27(29(32)34)31-23-11-7-9-19-8-3-4-10-22(19)23/h3-18,31H,1-2H3. The van der Waals surface area contributed by atoms with Crippen LogP contribution in [0.2, 0.25) is 0 Å². The lowest BCUT2D eigenvalue weighted by Crippen LogP contribution is -2.33. The smallest absolute Gasteiger partial charge is 0.282 e. The third-order valence-corrected chi connectivity index (χ3v) is 5.73. The maximum atomic E-state index is 13.8. The van der Waals surface area contributed by atoms with Crippen LogP contribution in [-0.2, 0) is 9.59 Å². The molecule has 0 saturated carbocycles. The van der Waals surface area contributed by atoms with E-state index in [4.69, 9.17) is 4.74 Å². The number of rotatable bonds is 6. The zero-order chi connectivity index (χ0) is 24.5. The van der Waals surface area contributed by atoms with Gasteiger partial charge in [0.25, 0.3) is 11.8 Å². The fourth-order valence-corrected chi connectivity index (χ4v) is 4.21. The first-order valence-corrected chi connectivity index (χ1v) is 11.3. The van der Waals surface area contributed by atoms with E-state index in [-0.39, 0.29) is 17.4 Å². The number of halogens is 1. The molecule has 1 aliphatic rings. The van der Waals surface area contributed by atoms with Gasteiger partial charge in [-0.05, 0) is 55.1 Å². The van der Waals surface area contributed by atoms with Gasteiger partial charge in [0.15, 0.2) is 0 Å². The highest BCUT2D eigenvalue weighted by molar-refractivity contribution is 6.46. The van der Waals surface area contributed by atoms with Gasteiger partial charge in [-0.1, -0.05) is 60.7 Å². The number of carbonyl (C=O) groups is 2. The van der Waals surface area contributed by atoms with E-state index in [1.165, 1.54) is 24.3 Å². The topological polar surface area (TPSA) is 58.6 Å². The van der Waals surface area contributed by atoms with Crippen molar-refractivity contribution in [3.63, 3.8) is 0 Å². The SMILES string of the molecule is CC(C)Oc1ccccc1N1C(=O)C(Nc2cccc3ccccc23)=C(c2ccc(F)cc2)C1=O. The first kappa shape index (κ1) is 22.3. The monoisotopic (exact) mass is 466 g/mol. The summed E-state index contributed by atoms with van der Waals surface area (Å²) in [5.41, 5.74) is 1.77. The molecule has 1 aliphatic heterocycles. The lowest BCUT2D eigenvalue weighted by molar-refractivity contribution is -0.120. The Bertz CT molecular complexity index is 1470. The molecular weight excluding hydrogens is 443 g/mol.